The lowest BCUT2D eigenvalue weighted by Gasteiger charge is -2.04. The molecule has 0 aromatic carbocycles. The molecule has 0 saturated carbocycles. The van der Waals surface area contributed by atoms with Crippen LogP contribution in [0, 0.1) is 19.3 Å². The number of aryl methyl sites for hydroxylation is 1. The molecule has 1 aromatic heterocycles. The second-order valence-electron chi connectivity index (χ2n) is 2.69. The molecule has 16 heavy (non-hydrogen) atoms. The Bertz CT molecular complexity index is 371. The first-order valence-corrected chi connectivity index (χ1v) is 4.40. The van der Waals surface area contributed by atoms with Crippen molar-refractivity contribution in [1.29, 1.82) is 0 Å². The van der Waals surface area contributed by atoms with Crippen molar-refractivity contribution in [3.8, 4) is 18.1 Å². The van der Waals surface area contributed by atoms with Crippen molar-refractivity contribution < 1.29 is 19.7 Å². The third kappa shape index (κ3) is 5.62. The lowest BCUT2D eigenvalue weighted by molar-refractivity contribution is -0.122. The van der Waals surface area contributed by atoms with Gasteiger partial charge in [0, 0.05) is 17.8 Å². The molecule has 0 spiro atoms. The van der Waals surface area contributed by atoms with E-state index >= 15 is 0 Å². The molecule has 0 radical (unpaired) electrons. The molecule has 86 valence electrons. The number of carbonyl (C=O) groups is 1. The Morgan fingerprint density at radius 2 is 2.25 bits per heavy atom. The number of hydrogen-bond acceptors (Lipinski definition) is 4. The number of terminal acetylenes is 1. The van der Waals surface area contributed by atoms with Crippen molar-refractivity contribution in [2.75, 3.05) is 6.61 Å². The molecule has 2 N–H and O–H groups in total. The Kier molecular flexibility index (Phi) is 7.20. The minimum absolute atomic E-state index is 0.0892. The van der Waals surface area contributed by atoms with Gasteiger partial charge in [-0.2, -0.15) is 0 Å². The van der Waals surface area contributed by atoms with Gasteiger partial charge in [0.2, 0.25) is 0 Å². The van der Waals surface area contributed by atoms with E-state index in [0.717, 1.165) is 5.69 Å². The summed E-state index contributed by atoms with van der Waals surface area (Å²) in [6, 6.07) is 3.45. The Morgan fingerprint density at radius 1 is 1.62 bits per heavy atom. The van der Waals surface area contributed by atoms with Crippen LogP contribution in [0.2, 0.25) is 0 Å². The van der Waals surface area contributed by atoms with Crippen molar-refractivity contribution in [2.45, 2.75) is 13.5 Å². The van der Waals surface area contributed by atoms with E-state index in [0.29, 0.717) is 11.4 Å². The zero-order valence-electron chi connectivity index (χ0n) is 8.88. The van der Waals surface area contributed by atoms with E-state index < -0.39 is 0 Å². The van der Waals surface area contributed by atoms with Gasteiger partial charge in [0.1, 0.15) is 12.4 Å². The summed E-state index contributed by atoms with van der Waals surface area (Å²) in [6.07, 6.45) is 5.04. The summed E-state index contributed by atoms with van der Waals surface area (Å²) >= 11 is 0. The van der Waals surface area contributed by atoms with E-state index in [1.807, 2.05) is 6.92 Å². The number of hydrogen-bond donors (Lipinski definition) is 2. The molecule has 1 aromatic rings. The first-order chi connectivity index (χ1) is 7.67. The first-order valence-electron chi connectivity index (χ1n) is 4.40. The molecular weight excluding hydrogens is 210 g/mol. The van der Waals surface area contributed by atoms with Crippen molar-refractivity contribution >= 4 is 6.47 Å². The highest BCUT2D eigenvalue weighted by Crippen LogP contribution is 2.13. The topological polar surface area (TPSA) is 79.7 Å². The molecule has 0 aliphatic carbocycles. The molecule has 0 bridgehead atoms. The Labute approximate surface area is 93.7 Å². The fourth-order valence-corrected chi connectivity index (χ4v) is 0.992. The van der Waals surface area contributed by atoms with E-state index in [-0.39, 0.29) is 19.7 Å². The van der Waals surface area contributed by atoms with Crippen LogP contribution in [0.5, 0.6) is 5.75 Å². The number of aromatic nitrogens is 1. The van der Waals surface area contributed by atoms with Crippen molar-refractivity contribution in [2.24, 2.45) is 0 Å². The van der Waals surface area contributed by atoms with E-state index in [4.69, 9.17) is 26.2 Å². The van der Waals surface area contributed by atoms with Gasteiger partial charge in [-0.3, -0.25) is 9.78 Å². The number of pyridine rings is 1. The summed E-state index contributed by atoms with van der Waals surface area (Å²) in [6.45, 7) is 1.73. The van der Waals surface area contributed by atoms with Gasteiger partial charge in [-0.15, -0.1) is 6.42 Å². The summed E-state index contributed by atoms with van der Waals surface area (Å²) in [5.41, 5.74) is 1.39. The van der Waals surface area contributed by atoms with Crippen LogP contribution in [-0.2, 0) is 11.4 Å². The van der Waals surface area contributed by atoms with Gasteiger partial charge in [-0.05, 0) is 6.92 Å². The maximum absolute atomic E-state index is 8.85. The summed E-state index contributed by atoms with van der Waals surface area (Å²) < 4.78 is 5.19. The lowest BCUT2D eigenvalue weighted by Crippen LogP contribution is -1.98. The van der Waals surface area contributed by atoms with Gasteiger partial charge >= 0.3 is 0 Å². The number of aliphatic hydroxyl groups excluding tert-OH is 1. The molecule has 0 atom stereocenters. The molecule has 0 aliphatic rings. The maximum atomic E-state index is 8.85. The smallest absolute Gasteiger partial charge is 0.290 e. The minimum atomic E-state index is -0.250. The van der Waals surface area contributed by atoms with Crippen LogP contribution in [0.25, 0.3) is 0 Å². The molecule has 0 unspecified atom stereocenters. The van der Waals surface area contributed by atoms with Crippen molar-refractivity contribution in [3.63, 3.8) is 0 Å². The van der Waals surface area contributed by atoms with Crippen molar-refractivity contribution in [1.82, 2.24) is 4.98 Å². The fraction of sp³-hybridized carbons (Fsp3) is 0.273. The summed E-state index contributed by atoms with van der Waals surface area (Å²) in [4.78, 5) is 12.4. The normalized spacial score (nSPS) is 8.31. The standard InChI is InChI=1S/C10H11NO2.CH2O2/c1-3-4-13-10-5-8(2)11-9(6-10)7-12;2-1-3/h1,5-6,12H,4,7H2,2H3;1H,(H,2,3). The van der Waals surface area contributed by atoms with Gasteiger partial charge in [0.15, 0.2) is 0 Å². The van der Waals surface area contributed by atoms with Crippen LogP contribution in [0.4, 0.5) is 0 Å². The van der Waals surface area contributed by atoms with E-state index in [1.54, 1.807) is 12.1 Å². The van der Waals surface area contributed by atoms with E-state index in [2.05, 4.69) is 10.9 Å². The van der Waals surface area contributed by atoms with Gasteiger partial charge in [0.05, 0.1) is 12.3 Å². The number of ether oxygens (including phenoxy) is 1. The van der Waals surface area contributed by atoms with Crippen molar-refractivity contribution in [3.05, 3.63) is 23.5 Å². The average molecular weight is 223 g/mol. The number of rotatable bonds is 3. The number of aliphatic hydroxyl groups is 1. The Hall–Kier alpha value is -2.06. The van der Waals surface area contributed by atoms with Gasteiger partial charge in [0.25, 0.3) is 6.47 Å². The summed E-state index contributed by atoms with van der Waals surface area (Å²) in [5.74, 6) is 3.02. The van der Waals surface area contributed by atoms with Gasteiger partial charge in [-0.25, -0.2) is 0 Å². The number of nitrogens with zero attached hydrogens (tertiary/aromatic N) is 1. The summed E-state index contributed by atoms with van der Waals surface area (Å²) in [5, 5.41) is 15.7. The highest BCUT2D eigenvalue weighted by molar-refractivity contribution is 5.32. The Balaban J connectivity index is 0.000000673. The monoisotopic (exact) mass is 223 g/mol. The third-order valence-electron chi connectivity index (χ3n) is 1.46. The zero-order valence-corrected chi connectivity index (χ0v) is 8.88. The minimum Gasteiger partial charge on any atom is -0.483 e. The highest BCUT2D eigenvalue weighted by Gasteiger charge is 1.99. The molecule has 0 fully saturated rings. The Morgan fingerprint density at radius 3 is 2.75 bits per heavy atom. The summed E-state index contributed by atoms with van der Waals surface area (Å²) in [7, 11) is 0. The maximum Gasteiger partial charge on any atom is 0.290 e. The predicted molar refractivity (Wildman–Crippen MR) is 57.9 cm³/mol. The molecule has 1 heterocycles. The molecule has 0 amide bonds. The largest absolute Gasteiger partial charge is 0.483 e. The second kappa shape index (κ2) is 8.26. The van der Waals surface area contributed by atoms with Crippen LogP contribution in [0.3, 0.4) is 0 Å². The van der Waals surface area contributed by atoms with Crippen LogP contribution in [-0.4, -0.2) is 28.3 Å². The number of carboxylic acid groups (broad SMARTS) is 1. The first kappa shape index (κ1) is 13.9. The third-order valence-corrected chi connectivity index (χ3v) is 1.46. The molecule has 0 saturated heterocycles. The molecule has 0 aliphatic heterocycles. The highest BCUT2D eigenvalue weighted by atomic mass is 16.5. The lowest BCUT2D eigenvalue weighted by atomic mass is 10.3. The van der Waals surface area contributed by atoms with Crippen LogP contribution in [0.15, 0.2) is 12.1 Å². The van der Waals surface area contributed by atoms with Crippen LogP contribution < -0.4 is 4.74 Å². The zero-order chi connectivity index (χ0) is 12.4. The van der Waals surface area contributed by atoms with E-state index in [1.165, 1.54) is 0 Å². The fourth-order valence-electron chi connectivity index (χ4n) is 0.992. The van der Waals surface area contributed by atoms with Gasteiger partial charge in [-0.1, -0.05) is 5.92 Å². The van der Waals surface area contributed by atoms with E-state index in [9.17, 15) is 0 Å². The second-order valence-corrected chi connectivity index (χ2v) is 2.69. The van der Waals surface area contributed by atoms with Gasteiger partial charge < -0.3 is 14.9 Å². The quantitative estimate of drug-likeness (QED) is 0.579. The predicted octanol–water partition coefficient (Wildman–Crippen LogP) is 0.595. The average Bonchev–Trinajstić information content (AvgIpc) is 2.26. The SMILES string of the molecule is C#CCOc1cc(C)nc(CO)c1.O=CO. The van der Waals surface area contributed by atoms with Crippen LogP contribution >= 0.6 is 0 Å². The molecule has 1 rings (SSSR count). The molecule has 5 heteroatoms. The molecular formula is C11H13NO4. The van der Waals surface area contributed by atoms with Crippen LogP contribution in [0.1, 0.15) is 11.4 Å². The molecule has 5 nitrogen and oxygen atoms in total.